The second kappa shape index (κ2) is 5.90. The van der Waals surface area contributed by atoms with Crippen molar-refractivity contribution in [2.75, 3.05) is 31.1 Å². The first kappa shape index (κ1) is 15.1. The second-order valence-electron chi connectivity index (χ2n) is 6.06. The number of amides is 1. The fourth-order valence-electron chi connectivity index (χ4n) is 2.89. The highest BCUT2D eigenvalue weighted by Crippen LogP contribution is 2.31. The summed E-state index contributed by atoms with van der Waals surface area (Å²) in [7, 11) is 0. The van der Waals surface area contributed by atoms with E-state index in [0.717, 1.165) is 23.7 Å². The van der Waals surface area contributed by atoms with Gasteiger partial charge in [-0.2, -0.15) is 0 Å². The summed E-state index contributed by atoms with van der Waals surface area (Å²) in [5, 5.41) is 4.63. The molecule has 1 aromatic carbocycles. The summed E-state index contributed by atoms with van der Waals surface area (Å²) in [5.41, 5.74) is 3.61. The zero-order valence-corrected chi connectivity index (χ0v) is 14.5. The number of anilines is 1. The third-order valence-corrected chi connectivity index (χ3v) is 5.56. The SMILES string of the molecule is Cc1cc2nc(N3CCN(C(=O)c4ccno4)CC3)sc2cc1C. The molecule has 124 valence electrons. The van der Waals surface area contributed by atoms with Crippen molar-refractivity contribution in [3.8, 4) is 0 Å². The molecule has 0 aliphatic carbocycles. The van der Waals surface area contributed by atoms with Gasteiger partial charge in [0.05, 0.1) is 16.4 Å². The highest BCUT2D eigenvalue weighted by Gasteiger charge is 2.25. The number of piperazine rings is 1. The maximum atomic E-state index is 12.3. The van der Waals surface area contributed by atoms with E-state index in [9.17, 15) is 4.79 Å². The zero-order valence-electron chi connectivity index (χ0n) is 13.7. The molecule has 0 N–H and O–H groups in total. The van der Waals surface area contributed by atoms with E-state index in [1.807, 2.05) is 0 Å². The first-order valence-corrected chi connectivity index (χ1v) is 8.76. The fourth-order valence-corrected chi connectivity index (χ4v) is 3.98. The molecule has 0 saturated carbocycles. The van der Waals surface area contributed by atoms with Crippen molar-refractivity contribution in [1.82, 2.24) is 15.0 Å². The van der Waals surface area contributed by atoms with Crippen LogP contribution in [0.5, 0.6) is 0 Å². The molecular formula is C17H18N4O2S. The van der Waals surface area contributed by atoms with Crippen molar-refractivity contribution in [3.05, 3.63) is 41.3 Å². The molecule has 0 atom stereocenters. The third kappa shape index (κ3) is 2.65. The zero-order chi connectivity index (χ0) is 16.7. The highest BCUT2D eigenvalue weighted by atomic mass is 32.1. The second-order valence-corrected chi connectivity index (χ2v) is 7.07. The Kier molecular flexibility index (Phi) is 3.72. The number of aromatic nitrogens is 2. The fraction of sp³-hybridized carbons (Fsp3) is 0.353. The van der Waals surface area contributed by atoms with Crippen LogP contribution in [0.15, 0.2) is 28.9 Å². The van der Waals surface area contributed by atoms with Gasteiger partial charge in [0.1, 0.15) is 0 Å². The Bertz CT molecular complexity index is 841. The lowest BCUT2D eigenvalue weighted by Crippen LogP contribution is -2.48. The molecule has 2 aromatic heterocycles. The Morgan fingerprint density at radius 1 is 1.17 bits per heavy atom. The molecule has 1 aliphatic heterocycles. The van der Waals surface area contributed by atoms with Crippen LogP contribution in [0.25, 0.3) is 10.2 Å². The molecule has 1 aliphatic rings. The van der Waals surface area contributed by atoms with Crippen LogP contribution in [0.2, 0.25) is 0 Å². The summed E-state index contributed by atoms with van der Waals surface area (Å²) < 4.78 is 6.17. The predicted molar refractivity (Wildman–Crippen MR) is 93.7 cm³/mol. The van der Waals surface area contributed by atoms with Gasteiger partial charge in [0.15, 0.2) is 5.13 Å². The summed E-state index contributed by atoms with van der Waals surface area (Å²) in [6.07, 6.45) is 1.49. The van der Waals surface area contributed by atoms with Crippen molar-refractivity contribution < 1.29 is 9.32 Å². The average molecular weight is 342 g/mol. The number of fused-ring (bicyclic) bond motifs is 1. The normalized spacial score (nSPS) is 15.2. The molecule has 0 spiro atoms. The van der Waals surface area contributed by atoms with Crippen molar-refractivity contribution in [2.24, 2.45) is 0 Å². The molecule has 3 heterocycles. The van der Waals surface area contributed by atoms with Gasteiger partial charge < -0.3 is 14.3 Å². The van der Waals surface area contributed by atoms with E-state index >= 15 is 0 Å². The van der Waals surface area contributed by atoms with Gasteiger partial charge in [-0.15, -0.1) is 0 Å². The molecule has 1 fully saturated rings. The monoisotopic (exact) mass is 342 g/mol. The highest BCUT2D eigenvalue weighted by molar-refractivity contribution is 7.22. The van der Waals surface area contributed by atoms with Crippen LogP contribution >= 0.6 is 11.3 Å². The average Bonchev–Trinajstić information content (AvgIpc) is 3.24. The summed E-state index contributed by atoms with van der Waals surface area (Å²) in [6, 6.07) is 5.96. The van der Waals surface area contributed by atoms with Crippen LogP contribution in [0.4, 0.5) is 5.13 Å². The number of nitrogens with zero attached hydrogens (tertiary/aromatic N) is 4. The summed E-state index contributed by atoms with van der Waals surface area (Å²) >= 11 is 1.72. The Morgan fingerprint density at radius 2 is 1.92 bits per heavy atom. The topological polar surface area (TPSA) is 62.5 Å². The predicted octanol–water partition coefficient (Wildman–Crippen LogP) is 2.86. The van der Waals surface area contributed by atoms with Gasteiger partial charge in [0, 0.05) is 32.2 Å². The Hall–Kier alpha value is -2.41. The quantitative estimate of drug-likeness (QED) is 0.717. The maximum absolute atomic E-state index is 12.3. The molecule has 1 amide bonds. The van der Waals surface area contributed by atoms with Crippen molar-refractivity contribution in [1.29, 1.82) is 0 Å². The Balaban J connectivity index is 1.49. The molecule has 4 rings (SSSR count). The minimum atomic E-state index is -0.0947. The molecular weight excluding hydrogens is 324 g/mol. The number of hydrogen-bond acceptors (Lipinski definition) is 6. The van der Waals surface area contributed by atoms with E-state index in [1.165, 1.54) is 22.0 Å². The number of benzene rings is 1. The standard InChI is InChI=1S/C17H18N4O2S/c1-11-9-13-15(10-12(11)2)24-17(19-13)21-7-5-20(6-8-21)16(22)14-3-4-18-23-14/h3-4,9-10H,5-8H2,1-2H3. The lowest BCUT2D eigenvalue weighted by atomic mass is 10.1. The first-order valence-electron chi connectivity index (χ1n) is 7.94. The number of aryl methyl sites for hydroxylation is 2. The van der Waals surface area contributed by atoms with E-state index in [2.05, 4.69) is 36.0 Å². The number of carbonyl (C=O) groups is 1. The van der Waals surface area contributed by atoms with Crippen LogP contribution < -0.4 is 4.90 Å². The number of carbonyl (C=O) groups excluding carboxylic acids is 1. The molecule has 24 heavy (non-hydrogen) atoms. The molecule has 1 saturated heterocycles. The largest absolute Gasteiger partial charge is 0.351 e. The van der Waals surface area contributed by atoms with Crippen LogP contribution in [0.1, 0.15) is 21.7 Å². The number of thiazole rings is 1. The van der Waals surface area contributed by atoms with Crippen LogP contribution in [-0.2, 0) is 0 Å². The van der Waals surface area contributed by atoms with Crippen molar-refractivity contribution in [3.63, 3.8) is 0 Å². The third-order valence-electron chi connectivity index (χ3n) is 4.48. The van der Waals surface area contributed by atoms with Gasteiger partial charge in [-0.25, -0.2) is 4.98 Å². The molecule has 0 unspecified atom stereocenters. The lowest BCUT2D eigenvalue weighted by Gasteiger charge is -2.33. The Labute approximate surface area is 143 Å². The van der Waals surface area contributed by atoms with Gasteiger partial charge in [-0.1, -0.05) is 16.5 Å². The summed E-state index contributed by atoms with van der Waals surface area (Å²) in [6.45, 7) is 7.11. The summed E-state index contributed by atoms with van der Waals surface area (Å²) in [5.74, 6) is 0.206. The van der Waals surface area contributed by atoms with Gasteiger partial charge >= 0.3 is 0 Å². The lowest BCUT2D eigenvalue weighted by molar-refractivity contribution is 0.0705. The van der Waals surface area contributed by atoms with E-state index in [-0.39, 0.29) is 5.91 Å². The smallest absolute Gasteiger partial charge is 0.292 e. The van der Waals surface area contributed by atoms with E-state index in [1.54, 1.807) is 22.3 Å². The van der Waals surface area contributed by atoms with E-state index in [4.69, 9.17) is 9.51 Å². The van der Waals surface area contributed by atoms with Crippen LogP contribution in [0.3, 0.4) is 0 Å². The summed E-state index contributed by atoms with van der Waals surface area (Å²) in [4.78, 5) is 21.1. The van der Waals surface area contributed by atoms with Crippen LogP contribution in [0, 0.1) is 13.8 Å². The van der Waals surface area contributed by atoms with Crippen molar-refractivity contribution >= 4 is 32.6 Å². The van der Waals surface area contributed by atoms with Gasteiger partial charge in [0.2, 0.25) is 5.76 Å². The van der Waals surface area contributed by atoms with E-state index in [0.29, 0.717) is 18.8 Å². The van der Waals surface area contributed by atoms with E-state index < -0.39 is 0 Å². The van der Waals surface area contributed by atoms with Gasteiger partial charge in [0.25, 0.3) is 5.91 Å². The van der Waals surface area contributed by atoms with Crippen LogP contribution in [-0.4, -0.2) is 47.1 Å². The molecule has 0 radical (unpaired) electrons. The van der Waals surface area contributed by atoms with Crippen molar-refractivity contribution in [2.45, 2.75) is 13.8 Å². The maximum Gasteiger partial charge on any atom is 0.292 e. The Morgan fingerprint density at radius 3 is 2.62 bits per heavy atom. The minimum Gasteiger partial charge on any atom is -0.351 e. The number of hydrogen-bond donors (Lipinski definition) is 0. The van der Waals surface area contributed by atoms with Gasteiger partial charge in [-0.3, -0.25) is 4.79 Å². The first-order chi connectivity index (χ1) is 11.6. The minimum absolute atomic E-state index is 0.0947. The molecule has 6 nitrogen and oxygen atoms in total. The molecule has 7 heteroatoms. The molecule has 0 bridgehead atoms. The molecule has 3 aromatic rings. The number of rotatable bonds is 2. The van der Waals surface area contributed by atoms with Gasteiger partial charge in [-0.05, 0) is 37.1 Å².